The largest absolute Gasteiger partial charge is 0.478 e. The number of carbonyl (C=O) groups is 2. The van der Waals surface area contributed by atoms with Crippen molar-refractivity contribution in [3.63, 3.8) is 0 Å². The number of nitrogens with two attached hydrogens (primary N) is 1. The van der Waals surface area contributed by atoms with Gasteiger partial charge in [0.2, 0.25) is 10.8 Å². The molecule has 1 aliphatic rings. The van der Waals surface area contributed by atoms with Gasteiger partial charge in [0.1, 0.15) is 18.8 Å². The van der Waals surface area contributed by atoms with Gasteiger partial charge in [0.25, 0.3) is 0 Å². The minimum absolute atomic E-state index is 0.246. The number of carboxylic acid groups (broad SMARTS) is 1. The summed E-state index contributed by atoms with van der Waals surface area (Å²) >= 11 is 0.909. The molecule has 0 bridgehead atoms. The molecule has 162 valence electrons. The summed E-state index contributed by atoms with van der Waals surface area (Å²) in [5, 5.41) is 52.1. The Balaban J connectivity index is 2.31. The summed E-state index contributed by atoms with van der Waals surface area (Å²) in [5.41, 5.74) is 6.20. The second-order valence-corrected chi connectivity index (χ2v) is 7.97. The van der Waals surface area contributed by atoms with E-state index in [4.69, 9.17) is 15.6 Å². The van der Waals surface area contributed by atoms with Gasteiger partial charge in [-0.2, -0.15) is 0 Å². The highest BCUT2D eigenvalue weighted by atomic mass is 32.2. The molecule has 0 saturated carbocycles. The van der Waals surface area contributed by atoms with Gasteiger partial charge in [0, 0.05) is 18.7 Å². The molecule has 1 saturated heterocycles. The zero-order chi connectivity index (χ0) is 21.6. The molecule has 0 aliphatic carbocycles. The SMILES string of the molecule is NC[C@@H](O)[C@@H](O)[C@@H]1O[C@@](SCc2ccccc2)(C(=O)O)C[C@H](O)[C@H]1NC(=O)CO. The number of carboxylic acids is 1. The van der Waals surface area contributed by atoms with Crippen molar-refractivity contribution in [2.24, 2.45) is 5.73 Å². The zero-order valence-corrected chi connectivity index (χ0v) is 16.4. The van der Waals surface area contributed by atoms with E-state index >= 15 is 0 Å². The molecule has 0 spiro atoms. The van der Waals surface area contributed by atoms with Crippen molar-refractivity contribution < 1.29 is 39.9 Å². The Morgan fingerprint density at radius 1 is 1.31 bits per heavy atom. The molecular formula is C18H26N2O8S. The third kappa shape index (κ3) is 5.66. The second-order valence-electron chi connectivity index (χ2n) is 6.73. The minimum Gasteiger partial charge on any atom is -0.478 e. The van der Waals surface area contributed by atoms with Gasteiger partial charge in [0.15, 0.2) is 0 Å². The molecule has 11 heteroatoms. The van der Waals surface area contributed by atoms with Gasteiger partial charge in [-0.1, -0.05) is 30.3 Å². The Kier molecular flexibility index (Phi) is 8.40. The Labute approximate surface area is 171 Å². The summed E-state index contributed by atoms with van der Waals surface area (Å²) in [6, 6.07) is 7.76. The number of hydrogen-bond acceptors (Lipinski definition) is 9. The maximum absolute atomic E-state index is 12.1. The van der Waals surface area contributed by atoms with Gasteiger partial charge in [-0.3, -0.25) is 4.79 Å². The van der Waals surface area contributed by atoms with Crippen LogP contribution in [0.3, 0.4) is 0 Å². The summed E-state index contributed by atoms with van der Waals surface area (Å²) in [5.74, 6) is -1.98. The standard InChI is InChI=1S/C18H26N2O8S/c19-7-12(23)15(25)16-14(20-13(24)8-21)11(22)6-18(28-16,17(26)27)29-9-10-4-2-1-3-5-10/h1-5,11-12,14-16,21-23,25H,6-9,19H2,(H,20,24)(H,26,27)/t11-,12+,14+,15+,16+,18-/m0/s1. The number of rotatable bonds is 9. The van der Waals surface area contributed by atoms with Gasteiger partial charge in [-0.05, 0) is 5.56 Å². The predicted octanol–water partition coefficient (Wildman–Crippen LogP) is -1.99. The summed E-state index contributed by atoms with van der Waals surface area (Å²) < 4.78 is 5.71. The van der Waals surface area contributed by atoms with Crippen molar-refractivity contribution in [3.8, 4) is 0 Å². The van der Waals surface area contributed by atoms with Crippen LogP contribution >= 0.6 is 11.8 Å². The predicted molar refractivity (Wildman–Crippen MR) is 104 cm³/mol. The van der Waals surface area contributed by atoms with Crippen LogP contribution in [0.15, 0.2) is 30.3 Å². The third-order valence-electron chi connectivity index (χ3n) is 4.66. The number of aliphatic hydroxyl groups is 4. The fourth-order valence-corrected chi connectivity index (χ4v) is 4.26. The molecule has 0 radical (unpaired) electrons. The Bertz CT molecular complexity index is 694. The highest BCUT2D eigenvalue weighted by Gasteiger charge is 2.55. The van der Waals surface area contributed by atoms with Crippen molar-refractivity contribution in [1.29, 1.82) is 0 Å². The van der Waals surface area contributed by atoms with Crippen molar-refractivity contribution >= 4 is 23.6 Å². The second kappa shape index (κ2) is 10.3. The number of aliphatic hydroxyl groups excluding tert-OH is 4. The van der Waals surface area contributed by atoms with Crippen molar-refractivity contribution in [3.05, 3.63) is 35.9 Å². The van der Waals surface area contributed by atoms with E-state index in [2.05, 4.69) is 5.32 Å². The zero-order valence-electron chi connectivity index (χ0n) is 15.5. The van der Waals surface area contributed by atoms with E-state index in [1.165, 1.54) is 0 Å². The number of amides is 1. The Morgan fingerprint density at radius 2 is 1.97 bits per heavy atom. The lowest BCUT2D eigenvalue weighted by molar-refractivity contribution is -0.202. The maximum atomic E-state index is 12.1. The van der Waals surface area contributed by atoms with E-state index in [9.17, 15) is 30.0 Å². The van der Waals surface area contributed by atoms with Crippen LogP contribution in [0.2, 0.25) is 0 Å². The number of hydrogen-bond donors (Lipinski definition) is 7. The first kappa shape index (κ1) is 23.5. The Hall–Kier alpha value is -1.73. The van der Waals surface area contributed by atoms with Crippen LogP contribution in [-0.4, -0.2) is 86.0 Å². The summed E-state index contributed by atoms with van der Waals surface area (Å²) in [6.07, 6.45) is -6.46. The molecule has 1 heterocycles. The van der Waals surface area contributed by atoms with Crippen LogP contribution in [0.5, 0.6) is 0 Å². The van der Waals surface area contributed by atoms with E-state index in [0.717, 1.165) is 17.3 Å². The highest BCUT2D eigenvalue weighted by Crippen LogP contribution is 2.41. The van der Waals surface area contributed by atoms with Crippen molar-refractivity contribution in [1.82, 2.24) is 5.32 Å². The summed E-state index contributed by atoms with van der Waals surface area (Å²) in [6.45, 7) is -1.23. The van der Waals surface area contributed by atoms with Gasteiger partial charge in [-0.25, -0.2) is 4.79 Å². The first-order chi connectivity index (χ1) is 13.7. The van der Waals surface area contributed by atoms with Gasteiger partial charge < -0.3 is 41.3 Å². The smallest absolute Gasteiger partial charge is 0.346 e. The highest BCUT2D eigenvalue weighted by molar-refractivity contribution is 8.00. The molecular weight excluding hydrogens is 404 g/mol. The van der Waals surface area contributed by atoms with Gasteiger partial charge >= 0.3 is 5.97 Å². The number of aliphatic carboxylic acids is 1. The van der Waals surface area contributed by atoms with Gasteiger partial charge in [-0.15, -0.1) is 11.8 Å². The fourth-order valence-electron chi connectivity index (χ4n) is 3.08. The molecule has 8 N–H and O–H groups in total. The lowest BCUT2D eigenvalue weighted by Gasteiger charge is -2.46. The molecule has 29 heavy (non-hydrogen) atoms. The van der Waals surface area contributed by atoms with E-state index in [-0.39, 0.29) is 12.3 Å². The van der Waals surface area contributed by atoms with Crippen LogP contribution in [0.4, 0.5) is 0 Å². The van der Waals surface area contributed by atoms with E-state index < -0.39 is 60.3 Å². The fraction of sp³-hybridized carbons (Fsp3) is 0.556. The van der Waals surface area contributed by atoms with E-state index in [1.807, 2.05) is 6.07 Å². The van der Waals surface area contributed by atoms with Crippen LogP contribution in [0.1, 0.15) is 12.0 Å². The number of nitrogens with one attached hydrogen (secondary N) is 1. The first-order valence-electron chi connectivity index (χ1n) is 8.97. The average molecular weight is 430 g/mol. The van der Waals surface area contributed by atoms with E-state index in [0.29, 0.717) is 0 Å². The minimum atomic E-state index is -1.93. The van der Waals surface area contributed by atoms with Gasteiger partial charge in [0.05, 0.1) is 18.2 Å². The molecule has 0 aromatic heterocycles. The van der Waals surface area contributed by atoms with Crippen molar-refractivity contribution in [2.45, 2.75) is 47.6 Å². The quantitative estimate of drug-likeness (QED) is 0.231. The molecule has 1 amide bonds. The molecule has 0 unspecified atom stereocenters. The molecule has 6 atom stereocenters. The number of thioether (sulfide) groups is 1. The molecule has 10 nitrogen and oxygen atoms in total. The number of carbonyl (C=O) groups excluding carboxylic acids is 1. The molecule has 1 fully saturated rings. The van der Waals surface area contributed by atoms with E-state index in [1.54, 1.807) is 24.3 Å². The molecule has 1 aromatic rings. The van der Waals surface area contributed by atoms with Crippen LogP contribution in [0.25, 0.3) is 0 Å². The van der Waals surface area contributed by atoms with Crippen molar-refractivity contribution in [2.75, 3.05) is 13.2 Å². The molecule has 1 aromatic carbocycles. The maximum Gasteiger partial charge on any atom is 0.346 e. The molecule has 1 aliphatic heterocycles. The average Bonchev–Trinajstić information content (AvgIpc) is 2.73. The lowest BCUT2D eigenvalue weighted by atomic mass is 9.89. The van der Waals surface area contributed by atoms with Crippen LogP contribution < -0.4 is 11.1 Å². The number of ether oxygens (including phenoxy) is 1. The summed E-state index contributed by atoms with van der Waals surface area (Å²) in [4.78, 5) is 21.8. The monoisotopic (exact) mass is 430 g/mol. The normalized spacial score (nSPS) is 29.1. The Morgan fingerprint density at radius 3 is 2.52 bits per heavy atom. The number of benzene rings is 1. The first-order valence-corrected chi connectivity index (χ1v) is 9.96. The topological polar surface area (TPSA) is 183 Å². The van der Waals surface area contributed by atoms with Crippen LogP contribution in [-0.2, 0) is 20.1 Å². The summed E-state index contributed by atoms with van der Waals surface area (Å²) in [7, 11) is 0. The molecule has 2 rings (SSSR count). The third-order valence-corrected chi connectivity index (χ3v) is 6.04. The van der Waals surface area contributed by atoms with Crippen LogP contribution in [0, 0.1) is 0 Å². The lowest BCUT2D eigenvalue weighted by Crippen LogP contribution is -2.67.